The third-order valence-electron chi connectivity index (χ3n) is 3.16. The molecule has 22 heavy (non-hydrogen) atoms. The number of carbonyl (C=O) groups is 2. The first-order chi connectivity index (χ1) is 10.5. The number of rotatable bonds is 5. The van der Waals surface area contributed by atoms with Crippen LogP contribution in [0.4, 0.5) is 4.79 Å². The molecule has 1 aliphatic rings. The molecule has 0 saturated carbocycles. The molecule has 0 unspecified atom stereocenters. The van der Waals surface area contributed by atoms with Gasteiger partial charge in [-0.25, -0.2) is 4.79 Å². The molecule has 3 amide bonds. The Morgan fingerprint density at radius 2 is 2.05 bits per heavy atom. The first kappa shape index (κ1) is 15.9. The smallest absolute Gasteiger partial charge is 0.328 e. The second kappa shape index (κ2) is 6.51. The molecule has 1 heterocycles. The van der Waals surface area contributed by atoms with Crippen molar-refractivity contribution in [3.8, 4) is 11.5 Å². The van der Waals surface area contributed by atoms with Gasteiger partial charge >= 0.3 is 6.03 Å². The molecule has 6 heteroatoms. The molecule has 0 radical (unpaired) electrons. The fourth-order valence-corrected chi connectivity index (χ4v) is 2.18. The highest BCUT2D eigenvalue weighted by Crippen LogP contribution is 2.33. The standard InChI is InChI=1S/C16H20N2O4/c1-5-18-15(19)12(17-16(18)20)9-11-7-6-8-13(21-4)14(11)22-10(2)3/h6-10H,5H2,1-4H3,(H,17,20)/b12-9+. The molecule has 0 spiro atoms. The van der Waals surface area contributed by atoms with Crippen molar-refractivity contribution < 1.29 is 19.1 Å². The lowest BCUT2D eigenvalue weighted by Crippen LogP contribution is -2.30. The fourth-order valence-electron chi connectivity index (χ4n) is 2.18. The van der Waals surface area contributed by atoms with E-state index < -0.39 is 6.03 Å². The molecule has 0 atom stereocenters. The Kier molecular flexibility index (Phi) is 4.70. The number of amides is 3. The average Bonchev–Trinajstić information content (AvgIpc) is 2.74. The summed E-state index contributed by atoms with van der Waals surface area (Å²) in [5.41, 5.74) is 0.906. The first-order valence-corrected chi connectivity index (χ1v) is 7.16. The van der Waals surface area contributed by atoms with Gasteiger partial charge in [-0.2, -0.15) is 0 Å². The lowest BCUT2D eigenvalue weighted by atomic mass is 10.1. The zero-order chi connectivity index (χ0) is 16.3. The molecule has 1 N–H and O–H groups in total. The molecule has 6 nitrogen and oxygen atoms in total. The predicted octanol–water partition coefficient (Wildman–Crippen LogP) is 2.40. The number of hydrogen-bond acceptors (Lipinski definition) is 4. The number of urea groups is 1. The Labute approximate surface area is 129 Å². The fraction of sp³-hybridized carbons (Fsp3) is 0.375. The number of methoxy groups -OCH3 is 1. The summed E-state index contributed by atoms with van der Waals surface area (Å²) in [7, 11) is 1.56. The van der Waals surface area contributed by atoms with Crippen molar-refractivity contribution >= 4 is 18.0 Å². The van der Waals surface area contributed by atoms with Crippen LogP contribution < -0.4 is 14.8 Å². The Hall–Kier alpha value is -2.50. The number of imide groups is 1. The van der Waals surface area contributed by atoms with E-state index in [4.69, 9.17) is 9.47 Å². The minimum atomic E-state index is -0.409. The van der Waals surface area contributed by atoms with Gasteiger partial charge in [0.2, 0.25) is 0 Å². The minimum Gasteiger partial charge on any atom is -0.493 e. The van der Waals surface area contributed by atoms with Gasteiger partial charge in [0.25, 0.3) is 5.91 Å². The molecule has 1 fully saturated rings. The van der Waals surface area contributed by atoms with Crippen LogP contribution >= 0.6 is 0 Å². The molecule has 1 aromatic carbocycles. The van der Waals surface area contributed by atoms with Crippen LogP contribution in [0.3, 0.4) is 0 Å². The van der Waals surface area contributed by atoms with Crippen molar-refractivity contribution in [3.63, 3.8) is 0 Å². The molecule has 2 rings (SSSR count). The van der Waals surface area contributed by atoms with E-state index in [-0.39, 0.29) is 17.7 Å². The normalized spacial score (nSPS) is 16.4. The molecule has 0 bridgehead atoms. The highest BCUT2D eigenvalue weighted by molar-refractivity contribution is 6.14. The molecular weight excluding hydrogens is 284 g/mol. The van der Waals surface area contributed by atoms with Crippen LogP contribution in [-0.2, 0) is 4.79 Å². The summed E-state index contributed by atoms with van der Waals surface area (Å²) >= 11 is 0. The lowest BCUT2D eigenvalue weighted by Gasteiger charge is -2.16. The molecular formula is C16H20N2O4. The molecule has 118 valence electrons. The topological polar surface area (TPSA) is 67.9 Å². The first-order valence-electron chi connectivity index (χ1n) is 7.16. The van der Waals surface area contributed by atoms with E-state index in [1.54, 1.807) is 38.3 Å². The van der Waals surface area contributed by atoms with E-state index in [9.17, 15) is 9.59 Å². The number of para-hydroxylation sites is 1. The number of nitrogens with zero attached hydrogens (tertiary/aromatic N) is 1. The van der Waals surface area contributed by atoms with Crippen LogP contribution in [0.5, 0.6) is 11.5 Å². The SMILES string of the molecule is CCN1C(=O)N/C(=C/c2cccc(OC)c2OC(C)C)C1=O. The van der Waals surface area contributed by atoms with Crippen LogP contribution in [0.2, 0.25) is 0 Å². The largest absolute Gasteiger partial charge is 0.493 e. The Morgan fingerprint density at radius 1 is 1.32 bits per heavy atom. The number of carbonyl (C=O) groups excluding carboxylic acids is 2. The highest BCUT2D eigenvalue weighted by Gasteiger charge is 2.32. The second-order valence-electron chi connectivity index (χ2n) is 5.08. The summed E-state index contributed by atoms with van der Waals surface area (Å²) in [5, 5.41) is 2.57. The summed E-state index contributed by atoms with van der Waals surface area (Å²) < 4.78 is 11.1. The Morgan fingerprint density at radius 3 is 2.59 bits per heavy atom. The zero-order valence-electron chi connectivity index (χ0n) is 13.2. The van der Waals surface area contributed by atoms with Gasteiger partial charge in [0.15, 0.2) is 11.5 Å². The van der Waals surface area contributed by atoms with E-state index >= 15 is 0 Å². The van der Waals surface area contributed by atoms with Gasteiger partial charge in [-0.1, -0.05) is 12.1 Å². The van der Waals surface area contributed by atoms with Gasteiger partial charge in [-0.05, 0) is 32.9 Å². The van der Waals surface area contributed by atoms with Gasteiger partial charge in [0.05, 0.1) is 13.2 Å². The van der Waals surface area contributed by atoms with Crippen molar-refractivity contribution in [3.05, 3.63) is 29.5 Å². The predicted molar refractivity (Wildman–Crippen MR) is 82.7 cm³/mol. The van der Waals surface area contributed by atoms with Crippen molar-refractivity contribution in [1.29, 1.82) is 0 Å². The maximum atomic E-state index is 12.1. The Bertz CT molecular complexity index is 623. The quantitative estimate of drug-likeness (QED) is 0.670. The monoisotopic (exact) mass is 304 g/mol. The molecule has 0 aliphatic carbocycles. The maximum Gasteiger partial charge on any atom is 0.328 e. The van der Waals surface area contributed by atoms with Crippen LogP contribution in [0, 0.1) is 0 Å². The van der Waals surface area contributed by atoms with Gasteiger partial charge < -0.3 is 14.8 Å². The summed E-state index contributed by atoms with van der Waals surface area (Å²) in [5.74, 6) is 0.780. The molecule has 1 aromatic rings. The van der Waals surface area contributed by atoms with E-state index in [0.717, 1.165) is 4.90 Å². The minimum absolute atomic E-state index is 0.0468. The van der Waals surface area contributed by atoms with Gasteiger partial charge in [0, 0.05) is 12.1 Å². The highest BCUT2D eigenvalue weighted by atomic mass is 16.5. The van der Waals surface area contributed by atoms with E-state index in [2.05, 4.69) is 5.32 Å². The van der Waals surface area contributed by atoms with E-state index in [1.807, 2.05) is 13.8 Å². The van der Waals surface area contributed by atoms with E-state index in [1.165, 1.54) is 0 Å². The van der Waals surface area contributed by atoms with Crippen LogP contribution in [-0.4, -0.2) is 36.6 Å². The Balaban J connectivity index is 2.43. The zero-order valence-corrected chi connectivity index (χ0v) is 13.2. The summed E-state index contributed by atoms with van der Waals surface area (Å²) in [6.45, 7) is 5.89. The lowest BCUT2D eigenvalue weighted by molar-refractivity contribution is -0.122. The number of benzene rings is 1. The second-order valence-corrected chi connectivity index (χ2v) is 5.08. The number of ether oxygens (including phenoxy) is 2. The van der Waals surface area contributed by atoms with Crippen molar-refractivity contribution in [1.82, 2.24) is 10.2 Å². The van der Waals surface area contributed by atoms with Gasteiger partial charge in [-0.3, -0.25) is 9.69 Å². The van der Waals surface area contributed by atoms with Gasteiger partial charge in [0.1, 0.15) is 5.70 Å². The molecule has 1 aliphatic heterocycles. The number of nitrogens with one attached hydrogen (secondary N) is 1. The van der Waals surface area contributed by atoms with Crippen molar-refractivity contribution in [2.45, 2.75) is 26.9 Å². The molecule has 1 saturated heterocycles. The van der Waals surface area contributed by atoms with Gasteiger partial charge in [-0.15, -0.1) is 0 Å². The van der Waals surface area contributed by atoms with Crippen molar-refractivity contribution in [2.24, 2.45) is 0 Å². The van der Waals surface area contributed by atoms with Crippen LogP contribution in [0.25, 0.3) is 6.08 Å². The third kappa shape index (κ3) is 3.05. The van der Waals surface area contributed by atoms with Crippen molar-refractivity contribution in [2.75, 3.05) is 13.7 Å². The summed E-state index contributed by atoms with van der Waals surface area (Å²) in [4.78, 5) is 25.0. The average molecular weight is 304 g/mol. The molecule has 0 aromatic heterocycles. The van der Waals surface area contributed by atoms with Crippen LogP contribution in [0.15, 0.2) is 23.9 Å². The van der Waals surface area contributed by atoms with E-state index in [0.29, 0.717) is 23.6 Å². The van der Waals surface area contributed by atoms with Crippen LogP contribution in [0.1, 0.15) is 26.3 Å². The number of likely N-dealkylation sites (N-methyl/N-ethyl adjacent to an activating group) is 1. The summed E-state index contributed by atoms with van der Waals surface area (Å²) in [6, 6.07) is 4.99. The maximum absolute atomic E-state index is 12.1. The number of hydrogen-bond donors (Lipinski definition) is 1. The third-order valence-corrected chi connectivity index (χ3v) is 3.16. The summed E-state index contributed by atoms with van der Waals surface area (Å²) in [6.07, 6.45) is 1.56.